The van der Waals surface area contributed by atoms with Gasteiger partial charge < -0.3 is 9.62 Å². The molecule has 0 bridgehead atoms. The van der Waals surface area contributed by atoms with E-state index >= 15 is 0 Å². The highest BCUT2D eigenvalue weighted by Gasteiger charge is 2.05. The second-order valence-corrected chi connectivity index (χ2v) is 2.74. The van der Waals surface area contributed by atoms with Gasteiger partial charge in [-0.3, -0.25) is 0 Å². The molecule has 2 N–H and O–H groups in total. The fourth-order valence-corrected chi connectivity index (χ4v) is 1.25. The van der Waals surface area contributed by atoms with E-state index in [-0.39, 0.29) is 12.4 Å². The number of fused-ring (bicyclic) bond motifs is 1. The highest BCUT2D eigenvalue weighted by molar-refractivity contribution is 5.77. The summed E-state index contributed by atoms with van der Waals surface area (Å²) in [5.41, 5.74) is 2.84. The van der Waals surface area contributed by atoms with Gasteiger partial charge in [-0.2, -0.15) is 0 Å². The number of hydrogen-bond donors (Lipinski definition) is 2. The maximum Gasteiger partial charge on any atom is 0.136 e. The first-order valence-electron chi connectivity index (χ1n) is 3.84. The molecule has 0 aliphatic rings. The number of rotatable bonds is 2. The van der Waals surface area contributed by atoms with Crippen LogP contribution in [0.2, 0.25) is 0 Å². The average Bonchev–Trinajstić information content (AvgIpc) is 2.52. The van der Waals surface area contributed by atoms with Crippen molar-refractivity contribution in [3.8, 4) is 0 Å². The van der Waals surface area contributed by atoms with Crippen molar-refractivity contribution in [3.63, 3.8) is 0 Å². The minimum absolute atomic E-state index is 0.0902. The summed E-state index contributed by atoms with van der Waals surface area (Å²) in [6.07, 6.45) is 1.50. The third kappa shape index (κ3) is 1.41. The van der Waals surface area contributed by atoms with E-state index < -0.39 is 0 Å². The van der Waals surface area contributed by atoms with E-state index in [1.54, 1.807) is 12.1 Å². The van der Waals surface area contributed by atoms with Crippen molar-refractivity contribution in [1.82, 2.24) is 5.48 Å². The summed E-state index contributed by atoms with van der Waals surface area (Å²) in [5, 5.41) is 9.25. The molecule has 0 atom stereocenters. The lowest BCUT2D eigenvalue weighted by Crippen LogP contribution is -2.07. The molecule has 0 amide bonds. The second-order valence-electron chi connectivity index (χ2n) is 2.74. The maximum absolute atomic E-state index is 13.2. The summed E-state index contributed by atoms with van der Waals surface area (Å²) >= 11 is 0. The molecule has 0 unspecified atom stereocenters. The molecule has 0 fully saturated rings. The number of halogens is 1. The minimum atomic E-state index is -0.385. The van der Waals surface area contributed by atoms with Crippen molar-refractivity contribution in [2.75, 3.05) is 0 Å². The smallest absolute Gasteiger partial charge is 0.136 e. The molecule has 3 nitrogen and oxygen atoms in total. The molecule has 0 radical (unpaired) electrons. The van der Waals surface area contributed by atoms with Crippen LogP contribution in [0.1, 0.15) is 5.56 Å². The van der Waals surface area contributed by atoms with Gasteiger partial charge in [-0.25, -0.2) is 9.87 Å². The number of furan rings is 1. The van der Waals surface area contributed by atoms with E-state index in [4.69, 9.17) is 9.62 Å². The topological polar surface area (TPSA) is 45.4 Å². The lowest BCUT2D eigenvalue weighted by molar-refractivity contribution is 0.160. The summed E-state index contributed by atoms with van der Waals surface area (Å²) in [4.78, 5) is 0. The van der Waals surface area contributed by atoms with E-state index in [1.165, 1.54) is 12.3 Å². The van der Waals surface area contributed by atoms with E-state index in [1.807, 2.05) is 5.48 Å². The predicted octanol–water partition coefficient (Wildman–Crippen LogP) is 2.05. The second kappa shape index (κ2) is 3.16. The molecule has 2 aromatic rings. The van der Waals surface area contributed by atoms with Crippen molar-refractivity contribution in [2.24, 2.45) is 0 Å². The Kier molecular flexibility index (Phi) is 2.00. The standard InChI is InChI=1S/C9H8FNO2/c10-8-4-9-6(1-2-13-9)3-7(8)5-11-12/h1-4,11-12H,5H2. The molecular weight excluding hydrogens is 173 g/mol. The van der Waals surface area contributed by atoms with Gasteiger partial charge in [0.2, 0.25) is 0 Å². The van der Waals surface area contributed by atoms with Crippen LogP contribution in [0.4, 0.5) is 4.39 Å². The molecule has 68 valence electrons. The van der Waals surface area contributed by atoms with E-state index in [2.05, 4.69) is 0 Å². The summed E-state index contributed by atoms with van der Waals surface area (Å²) in [6, 6.07) is 4.69. The molecule has 4 heteroatoms. The first kappa shape index (κ1) is 8.22. The molecule has 13 heavy (non-hydrogen) atoms. The largest absolute Gasteiger partial charge is 0.464 e. The third-order valence-electron chi connectivity index (χ3n) is 1.89. The van der Waals surface area contributed by atoms with Crippen LogP contribution in [0.5, 0.6) is 0 Å². The zero-order valence-electron chi connectivity index (χ0n) is 6.75. The highest BCUT2D eigenvalue weighted by atomic mass is 19.1. The monoisotopic (exact) mass is 181 g/mol. The zero-order chi connectivity index (χ0) is 9.26. The van der Waals surface area contributed by atoms with E-state index in [9.17, 15) is 4.39 Å². The van der Waals surface area contributed by atoms with Gasteiger partial charge in [-0.15, -0.1) is 0 Å². The Morgan fingerprint density at radius 2 is 2.31 bits per heavy atom. The van der Waals surface area contributed by atoms with Gasteiger partial charge in [0.15, 0.2) is 0 Å². The van der Waals surface area contributed by atoms with Crippen LogP contribution in [0.3, 0.4) is 0 Å². The van der Waals surface area contributed by atoms with Crippen molar-refractivity contribution in [1.29, 1.82) is 0 Å². The van der Waals surface area contributed by atoms with Crippen LogP contribution >= 0.6 is 0 Å². The normalized spacial score (nSPS) is 10.9. The van der Waals surface area contributed by atoms with Crippen molar-refractivity contribution < 1.29 is 14.0 Å². The number of hydroxylamine groups is 1. The van der Waals surface area contributed by atoms with Gasteiger partial charge in [0.1, 0.15) is 11.4 Å². The average molecular weight is 181 g/mol. The molecule has 0 aliphatic heterocycles. The Balaban J connectivity index is 2.56. The number of hydrogen-bond acceptors (Lipinski definition) is 3. The third-order valence-corrected chi connectivity index (χ3v) is 1.89. The molecule has 1 aromatic carbocycles. The van der Waals surface area contributed by atoms with Crippen LogP contribution in [-0.4, -0.2) is 5.21 Å². The molecule has 0 saturated carbocycles. The van der Waals surface area contributed by atoms with Gasteiger partial charge in [-0.05, 0) is 12.1 Å². The van der Waals surface area contributed by atoms with E-state index in [0.717, 1.165) is 5.39 Å². The maximum atomic E-state index is 13.2. The number of benzene rings is 1. The number of nitrogens with one attached hydrogen (secondary N) is 1. The van der Waals surface area contributed by atoms with Crippen LogP contribution in [0, 0.1) is 5.82 Å². The van der Waals surface area contributed by atoms with Gasteiger partial charge in [0.05, 0.1) is 6.26 Å². The predicted molar refractivity (Wildman–Crippen MR) is 44.8 cm³/mol. The van der Waals surface area contributed by atoms with Crippen molar-refractivity contribution in [3.05, 3.63) is 35.8 Å². The summed E-state index contributed by atoms with van der Waals surface area (Å²) in [6.45, 7) is 0.0902. The van der Waals surface area contributed by atoms with Crippen LogP contribution in [-0.2, 0) is 6.54 Å². The van der Waals surface area contributed by atoms with Gasteiger partial charge in [0, 0.05) is 23.6 Å². The Bertz CT molecular complexity index is 424. The Morgan fingerprint density at radius 1 is 1.46 bits per heavy atom. The summed E-state index contributed by atoms with van der Waals surface area (Å²) in [5.74, 6) is -0.385. The minimum Gasteiger partial charge on any atom is -0.464 e. The highest BCUT2D eigenvalue weighted by Crippen LogP contribution is 2.19. The SMILES string of the molecule is ONCc1cc2ccoc2cc1F. The Hall–Kier alpha value is -1.39. The van der Waals surface area contributed by atoms with Crippen molar-refractivity contribution in [2.45, 2.75) is 6.54 Å². The molecular formula is C9H8FNO2. The molecule has 0 saturated heterocycles. The lowest BCUT2D eigenvalue weighted by atomic mass is 10.1. The van der Waals surface area contributed by atoms with E-state index in [0.29, 0.717) is 11.1 Å². The quantitative estimate of drug-likeness (QED) is 0.697. The molecule has 1 aromatic heterocycles. The first-order valence-corrected chi connectivity index (χ1v) is 3.84. The first-order chi connectivity index (χ1) is 6.31. The zero-order valence-corrected chi connectivity index (χ0v) is 6.75. The fraction of sp³-hybridized carbons (Fsp3) is 0.111. The van der Waals surface area contributed by atoms with Gasteiger partial charge in [-0.1, -0.05) is 0 Å². The summed E-state index contributed by atoms with van der Waals surface area (Å²) in [7, 11) is 0. The van der Waals surface area contributed by atoms with Gasteiger partial charge >= 0.3 is 0 Å². The summed E-state index contributed by atoms with van der Waals surface area (Å²) < 4.78 is 18.2. The van der Waals surface area contributed by atoms with Gasteiger partial charge in [0.25, 0.3) is 0 Å². The van der Waals surface area contributed by atoms with Crippen LogP contribution in [0.25, 0.3) is 11.0 Å². The fourth-order valence-electron chi connectivity index (χ4n) is 1.25. The van der Waals surface area contributed by atoms with Crippen LogP contribution in [0.15, 0.2) is 28.9 Å². The van der Waals surface area contributed by atoms with Crippen LogP contribution < -0.4 is 5.48 Å². The van der Waals surface area contributed by atoms with Crippen molar-refractivity contribution >= 4 is 11.0 Å². The Labute approximate surface area is 73.7 Å². The molecule has 0 aliphatic carbocycles. The molecule has 2 rings (SSSR count). The lowest BCUT2D eigenvalue weighted by Gasteiger charge is -2.00. The molecule has 1 heterocycles. The Morgan fingerprint density at radius 3 is 3.08 bits per heavy atom. The molecule has 0 spiro atoms.